The van der Waals surface area contributed by atoms with Crippen LogP contribution in [0.3, 0.4) is 0 Å². The van der Waals surface area contributed by atoms with Crippen molar-refractivity contribution in [3.63, 3.8) is 0 Å². The number of aliphatic carboxylic acids is 1. The van der Waals surface area contributed by atoms with Crippen molar-refractivity contribution in [1.29, 1.82) is 0 Å². The van der Waals surface area contributed by atoms with Gasteiger partial charge in [-0.05, 0) is 56.2 Å². The molecule has 280 valence electrons. The second kappa shape index (κ2) is 18.9. The number of nitrogens with one attached hydrogen (secondary N) is 5. The Labute approximate surface area is 301 Å². The van der Waals surface area contributed by atoms with Gasteiger partial charge in [-0.1, -0.05) is 72.3 Å². The number of amides is 5. The molecule has 5 amide bonds. The van der Waals surface area contributed by atoms with E-state index in [9.17, 15) is 29.1 Å². The van der Waals surface area contributed by atoms with Crippen molar-refractivity contribution in [3.05, 3.63) is 29.8 Å². The predicted octanol–water partition coefficient (Wildman–Crippen LogP) is 2.93. The number of nitrogens with two attached hydrogens (primary N) is 1. The quantitative estimate of drug-likeness (QED) is 0.117. The maximum Gasteiger partial charge on any atom is 0.415 e. The van der Waals surface area contributed by atoms with Crippen molar-refractivity contribution in [2.24, 2.45) is 23.0 Å². The van der Waals surface area contributed by atoms with Crippen LogP contribution in [0.2, 0.25) is 0 Å². The number of hydrogen-bond donors (Lipinski definition) is 7. The van der Waals surface area contributed by atoms with E-state index in [1.54, 1.807) is 29.2 Å². The molecule has 1 aliphatic rings. The SMILES string of the molecule is CCC(C)C(NC(=O)C(Cc1ccc(OC(=O)N2CCNCC2)cc1)NC(=O)NC(CC(C)C)C(=O)O)C(=O)NC(C)(C)CC(C)(C)C(N)=S. The Morgan fingerprint density at radius 2 is 1.54 bits per heavy atom. The summed E-state index contributed by atoms with van der Waals surface area (Å²) in [4.78, 5) is 67.1. The molecule has 2 rings (SSSR count). The second-order valence-electron chi connectivity index (χ2n) is 14.8. The Morgan fingerprint density at radius 3 is 2.06 bits per heavy atom. The number of nitrogens with zero attached hydrogens (tertiary/aromatic N) is 1. The highest BCUT2D eigenvalue weighted by molar-refractivity contribution is 7.80. The maximum atomic E-state index is 13.9. The maximum absolute atomic E-state index is 13.9. The van der Waals surface area contributed by atoms with Crippen LogP contribution in [0.4, 0.5) is 9.59 Å². The van der Waals surface area contributed by atoms with E-state index in [0.29, 0.717) is 55.3 Å². The van der Waals surface area contributed by atoms with E-state index in [1.165, 1.54) is 0 Å². The fourth-order valence-corrected chi connectivity index (χ4v) is 5.88. The highest BCUT2D eigenvalue weighted by Crippen LogP contribution is 2.28. The molecular formula is C35H57N7O7S. The van der Waals surface area contributed by atoms with Gasteiger partial charge in [0, 0.05) is 43.6 Å². The standard InChI is InChI=1S/C35H57N7O7S/c1-9-22(4)27(29(44)41-35(7,8)20-34(5,6)31(36)50)40-28(43)25(38-32(47)39-26(30(45)46)18-21(2)3)19-23-10-12-24(13-11-23)49-33(48)42-16-14-37-15-17-42/h10-13,21-22,25-27,37H,9,14-20H2,1-8H3,(H2,36,50)(H,40,43)(H,41,44)(H,45,46)(H2,38,39,47). The summed E-state index contributed by atoms with van der Waals surface area (Å²) >= 11 is 5.22. The largest absolute Gasteiger partial charge is 0.480 e. The van der Waals surface area contributed by atoms with Gasteiger partial charge in [-0.15, -0.1) is 0 Å². The Balaban J connectivity index is 2.30. The minimum atomic E-state index is -1.20. The lowest BCUT2D eigenvalue weighted by Crippen LogP contribution is -2.60. The Bertz CT molecular complexity index is 1350. The number of benzene rings is 1. The Hall–Kier alpha value is -3.98. The molecule has 1 heterocycles. The third-order valence-corrected chi connectivity index (χ3v) is 9.23. The number of carbonyl (C=O) groups is 5. The van der Waals surface area contributed by atoms with Crippen LogP contribution in [0.25, 0.3) is 0 Å². The molecule has 1 aromatic carbocycles. The number of piperazine rings is 1. The lowest BCUT2D eigenvalue weighted by molar-refractivity contribution is -0.139. The van der Waals surface area contributed by atoms with Gasteiger partial charge in [0.05, 0.1) is 4.99 Å². The summed E-state index contributed by atoms with van der Waals surface area (Å²) in [7, 11) is 0. The molecule has 15 heteroatoms. The number of hydrogen-bond acceptors (Lipinski definition) is 8. The summed E-state index contributed by atoms with van der Waals surface area (Å²) in [6, 6.07) is 2.37. The molecule has 14 nitrogen and oxygen atoms in total. The summed E-state index contributed by atoms with van der Waals surface area (Å²) in [6.07, 6.45) is 0.741. The smallest absolute Gasteiger partial charge is 0.415 e. The molecule has 0 saturated carbocycles. The van der Waals surface area contributed by atoms with Gasteiger partial charge in [0.2, 0.25) is 11.8 Å². The van der Waals surface area contributed by atoms with Gasteiger partial charge >= 0.3 is 18.1 Å². The number of rotatable bonds is 17. The Morgan fingerprint density at radius 1 is 0.960 bits per heavy atom. The van der Waals surface area contributed by atoms with Crippen LogP contribution in [0.1, 0.15) is 80.2 Å². The normalized spacial score (nSPS) is 16.0. The zero-order valence-corrected chi connectivity index (χ0v) is 31.5. The number of thiocarbonyl (C=S) groups is 1. The zero-order valence-electron chi connectivity index (χ0n) is 30.7. The topological polar surface area (TPSA) is 204 Å². The van der Waals surface area contributed by atoms with E-state index in [4.69, 9.17) is 22.7 Å². The molecule has 8 N–H and O–H groups in total. The molecule has 1 saturated heterocycles. The monoisotopic (exact) mass is 719 g/mol. The van der Waals surface area contributed by atoms with Gasteiger partial charge in [0.15, 0.2) is 0 Å². The number of carbonyl (C=O) groups excluding carboxylic acids is 4. The van der Waals surface area contributed by atoms with E-state index in [-0.39, 0.29) is 24.7 Å². The van der Waals surface area contributed by atoms with E-state index < -0.39 is 59.0 Å². The first kappa shape index (κ1) is 42.2. The van der Waals surface area contributed by atoms with Gasteiger partial charge in [-0.25, -0.2) is 14.4 Å². The first-order valence-electron chi connectivity index (χ1n) is 17.2. The molecule has 0 aromatic heterocycles. The first-order chi connectivity index (χ1) is 23.2. The molecule has 1 fully saturated rings. The van der Waals surface area contributed by atoms with Crippen molar-refractivity contribution in [3.8, 4) is 5.75 Å². The van der Waals surface area contributed by atoms with Crippen molar-refractivity contribution < 1.29 is 33.8 Å². The number of carboxylic acid groups (broad SMARTS) is 1. The van der Waals surface area contributed by atoms with Crippen molar-refractivity contribution in [2.75, 3.05) is 26.2 Å². The summed E-state index contributed by atoms with van der Waals surface area (Å²) in [5.41, 5.74) is 5.29. The van der Waals surface area contributed by atoms with Crippen LogP contribution < -0.4 is 37.1 Å². The number of ether oxygens (including phenoxy) is 1. The van der Waals surface area contributed by atoms with Crippen LogP contribution in [0.5, 0.6) is 5.75 Å². The van der Waals surface area contributed by atoms with Crippen molar-refractivity contribution in [2.45, 2.75) is 105 Å². The van der Waals surface area contributed by atoms with Crippen LogP contribution in [0, 0.1) is 17.3 Å². The van der Waals surface area contributed by atoms with Gasteiger partial charge in [0.25, 0.3) is 0 Å². The predicted molar refractivity (Wildman–Crippen MR) is 196 cm³/mol. The summed E-state index contributed by atoms with van der Waals surface area (Å²) in [5, 5.41) is 23.8. The fourth-order valence-electron chi connectivity index (χ4n) is 5.81. The molecule has 0 radical (unpaired) electrons. The average Bonchev–Trinajstić information content (AvgIpc) is 3.02. The number of urea groups is 1. The van der Waals surface area contributed by atoms with Gasteiger partial charge in [-0.3, -0.25) is 9.59 Å². The Kier molecular flexibility index (Phi) is 15.9. The highest BCUT2D eigenvalue weighted by atomic mass is 32.1. The van der Waals surface area contributed by atoms with Gasteiger partial charge in [-0.2, -0.15) is 0 Å². The molecule has 0 bridgehead atoms. The molecule has 50 heavy (non-hydrogen) atoms. The van der Waals surface area contributed by atoms with Crippen LogP contribution in [-0.4, -0.2) is 94.7 Å². The van der Waals surface area contributed by atoms with E-state index in [2.05, 4.69) is 26.6 Å². The lowest BCUT2D eigenvalue weighted by atomic mass is 9.79. The molecule has 4 atom stereocenters. The third-order valence-electron chi connectivity index (χ3n) is 8.68. The van der Waals surface area contributed by atoms with Crippen LogP contribution >= 0.6 is 12.2 Å². The van der Waals surface area contributed by atoms with E-state index >= 15 is 0 Å². The fraction of sp³-hybridized carbons (Fsp3) is 0.657. The van der Waals surface area contributed by atoms with Gasteiger partial charge < -0.3 is 47.1 Å². The summed E-state index contributed by atoms with van der Waals surface area (Å²) in [6.45, 7) is 17.4. The molecule has 0 spiro atoms. The molecule has 4 unspecified atom stereocenters. The van der Waals surface area contributed by atoms with Crippen LogP contribution in [0.15, 0.2) is 24.3 Å². The van der Waals surface area contributed by atoms with E-state index in [1.807, 2.05) is 55.4 Å². The minimum absolute atomic E-state index is 0.00430. The van der Waals surface area contributed by atoms with E-state index in [0.717, 1.165) is 0 Å². The molecule has 1 aliphatic heterocycles. The van der Waals surface area contributed by atoms with Crippen LogP contribution in [-0.2, 0) is 20.8 Å². The number of carboxylic acids is 1. The average molecular weight is 720 g/mol. The van der Waals surface area contributed by atoms with Gasteiger partial charge in [0.1, 0.15) is 23.9 Å². The summed E-state index contributed by atoms with van der Waals surface area (Å²) < 4.78 is 5.51. The highest BCUT2D eigenvalue weighted by Gasteiger charge is 2.36. The minimum Gasteiger partial charge on any atom is -0.480 e. The summed E-state index contributed by atoms with van der Waals surface area (Å²) in [5.74, 6) is -2.21. The third kappa shape index (κ3) is 13.7. The molecule has 0 aliphatic carbocycles. The van der Waals surface area contributed by atoms with Crippen molar-refractivity contribution >= 4 is 47.1 Å². The second-order valence-corrected chi connectivity index (χ2v) is 15.3. The molecule has 1 aromatic rings. The zero-order chi connectivity index (χ0) is 37.8. The van der Waals surface area contributed by atoms with Crippen molar-refractivity contribution in [1.82, 2.24) is 31.5 Å². The lowest BCUT2D eigenvalue weighted by Gasteiger charge is -2.37. The molecular weight excluding hydrogens is 662 g/mol. The first-order valence-corrected chi connectivity index (χ1v) is 17.6.